The number of nitrogens with zero attached hydrogens (tertiary/aromatic N) is 2. The molecule has 1 N–H and O–H groups in total. The summed E-state index contributed by atoms with van der Waals surface area (Å²) in [4.78, 5) is 47.6. The minimum Gasteiger partial charge on any atom is -0.462 e. The van der Waals surface area contributed by atoms with Gasteiger partial charge >= 0.3 is 11.9 Å². The van der Waals surface area contributed by atoms with Gasteiger partial charge in [-0.1, -0.05) is 25.1 Å². The number of amides is 1. The van der Waals surface area contributed by atoms with Gasteiger partial charge in [0.1, 0.15) is 5.00 Å². The number of carbonyl (C=O) groups excluding carboxylic acids is 3. The van der Waals surface area contributed by atoms with Gasteiger partial charge in [0.25, 0.3) is 5.91 Å². The second-order valence-electron chi connectivity index (χ2n) is 10.2. The molecule has 1 aliphatic carbocycles. The molecule has 3 heterocycles. The Balaban J connectivity index is 1.40. The average molecular weight is 536 g/mol. The molecule has 38 heavy (non-hydrogen) atoms. The van der Waals surface area contributed by atoms with E-state index in [4.69, 9.17) is 14.5 Å². The van der Waals surface area contributed by atoms with Crippen molar-refractivity contribution in [3.8, 4) is 0 Å². The number of carbonyl (C=O) groups is 3. The maximum atomic E-state index is 13.5. The summed E-state index contributed by atoms with van der Waals surface area (Å²) in [7, 11) is 2.01. The highest BCUT2D eigenvalue weighted by Crippen LogP contribution is 2.40. The number of pyridine rings is 1. The van der Waals surface area contributed by atoms with Crippen molar-refractivity contribution in [1.82, 2.24) is 9.88 Å². The van der Waals surface area contributed by atoms with Crippen LogP contribution in [0.3, 0.4) is 0 Å². The van der Waals surface area contributed by atoms with Crippen LogP contribution in [0.2, 0.25) is 0 Å². The molecule has 0 saturated carbocycles. The lowest BCUT2D eigenvalue weighted by molar-refractivity contribution is -0.123. The molecule has 5 rings (SSSR count). The summed E-state index contributed by atoms with van der Waals surface area (Å²) in [6, 6.07) is 7.51. The number of likely N-dealkylation sites (N-methyl/N-ethyl adjacent to an activating group) is 1. The first-order valence-electron chi connectivity index (χ1n) is 13.2. The summed E-state index contributed by atoms with van der Waals surface area (Å²) in [6.07, 6.45) is 2.29. The van der Waals surface area contributed by atoms with Gasteiger partial charge in [0.05, 0.1) is 23.3 Å². The monoisotopic (exact) mass is 535 g/mol. The summed E-state index contributed by atoms with van der Waals surface area (Å²) < 4.78 is 11.0. The van der Waals surface area contributed by atoms with E-state index in [0.717, 1.165) is 59.4 Å². The van der Waals surface area contributed by atoms with Gasteiger partial charge in [-0.3, -0.25) is 9.78 Å². The van der Waals surface area contributed by atoms with Crippen molar-refractivity contribution in [3.05, 3.63) is 57.1 Å². The summed E-state index contributed by atoms with van der Waals surface area (Å²) in [5.74, 6) is -0.958. The summed E-state index contributed by atoms with van der Waals surface area (Å²) in [6.45, 7) is 7.19. The number of ether oxygens (including phenoxy) is 2. The predicted molar refractivity (Wildman–Crippen MR) is 147 cm³/mol. The standard InChI is InChI=1S/C29H33N3O5S/c1-5-36-28(34)25-19-11-10-16(2)14-23(19)38-27(25)31-26(33)17(3)37-29(35)24-18-8-6-7-9-21(18)30-22-12-13-32(4)15-20(22)24/h6-9,16-17H,5,10-15H2,1-4H3,(H,31,33). The van der Waals surface area contributed by atoms with Crippen molar-refractivity contribution in [2.45, 2.75) is 59.1 Å². The molecule has 0 spiro atoms. The van der Waals surface area contributed by atoms with Gasteiger partial charge in [-0.2, -0.15) is 0 Å². The molecule has 0 fully saturated rings. The van der Waals surface area contributed by atoms with Crippen molar-refractivity contribution in [2.24, 2.45) is 5.92 Å². The van der Waals surface area contributed by atoms with Crippen LogP contribution in [0.5, 0.6) is 0 Å². The Morgan fingerprint density at radius 2 is 1.95 bits per heavy atom. The lowest BCUT2D eigenvalue weighted by Gasteiger charge is -2.27. The number of benzene rings is 1. The third-order valence-electron chi connectivity index (χ3n) is 7.32. The Morgan fingerprint density at radius 3 is 2.74 bits per heavy atom. The van der Waals surface area contributed by atoms with E-state index in [1.165, 1.54) is 11.3 Å². The molecular formula is C29H33N3O5S. The molecule has 0 saturated heterocycles. The fourth-order valence-electron chi connectivity index (χ4n) is 5.30. The number of aromatic nitrogens is 1. The molecule has 2 aliphatic rings. The maximum Gasteiger partial charge on any atom is 0.341 e. The number of esters is 2. The molecule has 2 aromatic heterocycles. The van der Waals surface area contributed by atoms with Crippen molar-refractivity contribution in [2.75, 3.05) is 25.5 Å². The molecule has 1 aliphatic heterocycles. The van der Waals surface area contributed by atoms with E-state index in [2.05, 4.69) is 17.1 Å². The summed E-state index contributed by atoms with van der Waals surface area (Å²) in [5, 5.41) is 4.04. The Bertz CT molecular complexity index is 1410. The average Bonchev–Trinajstić information content (AvgIpc) is 3.24. The van der Waals surface area contributed by atoms with Crippen molar-refractivity contribution in [3.63, 3.8) is 0 Å². The predicted octanol–water partition coefficient (Wildman–Crippen LogP) is 4.77. The van der Waals surface area contributed by atoms with E-state index in [0.29, 0.717) is 34.0 Å². The molecule has 8 nitrogen and oxygen atoms in total. The normalized spacial score (nSPS) is 17.8. The molecule has 2 atom stereocenters. The lowest BCUT2D eigenvalue weighted by atomic mass is 9.88. The van der Waals surface area contributed by atoms with Crippen LogP contribution in [0.4, 0.5) is 5.00 Å². The maximum absolute atomic E-state index is 13.5. The zero-order valence-corrected chi connectivity index (χ0v) is 23.1. The minimum atomic E-state index is -1.07. The molecular weight excluding hydrogens is 502 g/mol. The van der Waals surface area contributed by atoms with Gasteiger partial charge in [0.2, 0.25) is 0 Å². The molecule has 1 amide bonds. The number of anilines is 1. The smallest absolute Gasteiger partial charge is 0.341 e. The Labute approximate surface area is 226 Å². The van der Waals surface area contributed by atoms with Crippen molar-refractivity contribution >= 4 is 45.1 Å². The number of para-hydroxylation sites is 1. The highest BCUT2D eigenvalue weighted by Gasteiger charge is 2.31. The van der Waals surface area contributed by atoms with E-state index in [1.54, 1.807) is 13.8 Å². The fourth-order valence-corrected chi connectivity index (χ4v) is 6.70. The third-order valence-corrected chi connectivity index (χ3v) is 8.49. The molecule has 0 radical (unpaired) electrons. The molecule has 0 bridgehead atoms. The molecule has 1 aromatic carbocycles. The minimum absolute atomic E-state index is 0.251. The van der Waals surface area contributed by atoms with E-state index in [1.807, 2.05) is 31.3 Å². The number of thiophene rings is 1. The largest absolute Gasteiger partial charge is 0.462 e. The molecule has 200 valence electrons. The first kappa shape index (κ1) is 26.3. The fraction of sp³-hybridized carbons (Fsp3) is 0.448. The van der Waals surface area contributed by atoms with Gasteiger partial charge in [-0.15, -0.1) is 11.3 Å². The van der Waals surface area contributed by atoms with Crippen LogP contribution >= 0.6 is 11.3 Å². The van der Waals surface area contributed by atoms with Gasteiger partial charge < -0.3 is 19.7 Å². The second-order valence-corrected chi connectivity index (χ2v) is 11.3. The number of nitrogens with one attached hydrogen (secondary N) is 1. The highest BCUT2D eigenvalue weighted by molar-refractivity contribution is 7.17. The number of hydrogen-bond donors (Lipinski definition) is 1. The summed E-state index contributed by atoms with van der Waals surface area (Å²) in [5.41, 5.74) is 4.33. The second kappa shape index (κ2) is 10.8. The first-order valence-corrected chi connectivity index (χ1v) is 14.0. The van der Waals surface area contributed by atoms with Crippen LogP contribution in [0.15, 0.2) is 24.3 Å². The first-order chi connectivity index (χ1) is 18.3. The van der Waals surface area contributed by atoms with Gasteiger partial charge in [0, 0.05) is 41.0 Å². The van der Waals surface area contributed by atoms with E-state index in [-0.39, 0.29) is 6.61 Å². The number of fused-ring (bicyclic) bond motifs is 3. The quantitative estimate of drug-likeness (QED) is 0.454. The SMILES string of the molecule is CCOC(=O)c1c(NC(=O)C(C)OC(=O)c2c3c(nc4ccccc24)CCN(C)C3)sc2c1CCC(C)C2. The lowest BCUT2D eigenvalue weighted by Crippen LogP contribution is -2.32. The Morgan fingerprint density at radius 1 is 1.16 bits per heavy atom. The van der Waals surface area contributed by atoms with Crippen molar-refractivity contribution < 1.29 is 23.9 Å². The van der Waals surface area contributed by atoms with E-state index in [9.17, 15) is 14.4 Å². The highest BCUT2D eigenvalue weighted by atomic mass is 32.1. The van der Waals surface area contributed by atoms with E-state index >= 15 is 0 Å². The van der Waals surface area contributed by atoms with Gasteiger partial charge in [0.15, 0.2) is 6.10 Å². The van der Waals surface area contributed by atoms with Crippen LogP contribution in [-0.4, -0.2) is 54.0 Å². The van der Waals surface area contributed by atoms with Crippen LogP contribution < -0.4 is 5.32 Å². The molecule has 9 heteroatoms. The van der Waals surface area contributed by atoms with Gasteiger partial charge in [-0.25, -0.2) is 9.59 Å². The van der Waals surface area contributed by atoms with E-state index < -0.39 is 23.9 Å². The van der Waals surface area contributed by atoms with Crippen molar-refractivity contribution in [1.29, 1.82) is 0 Å². The Kier molecular flexibility index (Phi) is 7.49. The topological polar surface area (TPSA) is 97.8 Å². The zero-order chi connectivity index (χ0) is 27.0. The van der Waals surface area contributed by atoms with Gasteiger partial charge in [-0.05, 0) is 57.7 Å². The number of rotatable bonds is 6. The van der Waals surface area contributed by atoms with Crippen LogP contribution in [0, 0.1) is 5.92 Å². The third kappa shape index (κ3) is 5.05. The summed E-state index contributed by atoms with van der Waals surface area (Å²) >= 11 is 1.41. The molecule has 2 unspecified atom stereocenters. The molecule has 3 aromatic rings. The van der Waals surface area contributed by atoms with Crippen LogP contribution in [0.25, 0.3) is 10.9 Å². The Hall–Kier alpha value is -3.30. The number of hydrogen-bond acceptors (Lipinski definition) is 8. The van der Waals surface area contributed by atoms with Crippen LogP contribution in [-0.2, 0) is 40.1 Å². The zero-order valence-electron chi connectivity index (χ0n) is 22.3. The van der Waals surface area contributed by atoms with Crippen LogP contribution in [0.1, 0.15) is 69.6 Å².